The predicted octanol–water partition coefficient (Wildman–Crippen LogP) is 2.64. The molecule has 5 heteroatoms. The van der Waals surface area contributed by atoms with Gasteiger partial charge in [0.1, 0.15) is 11.6 Å². The number of aromatic nitrogens is 2. The van der Waals surface area contributed by atoms with E-state index in [1.165, 1.54) is 0 Å². The summed E-state index contributed by atoms with van der Waals surface area (Å²) in [6.45, 7) is 0.857. The van der Waals surface area contributed by atoms with Crippen molar-refractivity contribution in [2.45, 2.75) is 6.42 Å². The Labute approximate surface area is 111 Å². The molecule has 0 saturated carbocycles. The molecule has 0 radical (unpaired) electrons. The summed E-state index contributed by atoms with van der Waals surface area (Å²) in [6, 6.07) is 9.40. The number of halogens is 1. The molecule has 1 heterocycles. The monoisotopic (exact) mass is 262 g/mol. The Kier molecular flexibility index (Phi) is 4.50. The third-order valence-electron chi connectivity index (χ3n) is 2.44. The van der Waals surface area contributed by atoms with Gasteiger partial charge in [-0.3, -0.25) is 0 Å². The zero-order chi connectivity index (χ0) is 12.8. The number of hydrogen-bond acceptors (Lipinski definition) is 4. The summed E-state index contributed by atoms with van der Waals surface area (Å²) in [4.78, 5) is 8.64. The van der Waals surface area contributed by atoms with E-state index in [0.717, 1.165) is 30.3 Å². The molecule has 0 atom stereocenters. The second kappa shape index (κ2) is 6.33. The van der Waals surface area contributed by atoms with Gasteiger partial charge in [-0.15, -0.1) is 0 Å². The highest BCUT2D eigenvalue weighted by Crippen LogP contribution is 2.23. The fourth-order valence-corrected chi connectivity index (χ4v) is 1.71. The molecular weight excluding hydrogens is 248 g/mol. The molecule has 1 aromatic heterocycles. The molecule has 0 spiro atoms. The molecule has 0 amide bonds. The van der Waals surface area contributed by atoms with Crippen molar-refractivity contribution >= 4 is 23.1 Å². The van der Waals surface area contributed by atoms with Crippen LogP contribution in [0.1, 0.15) is 5.82 Å². The Balaban J connectivity index is 2.12. The number of nitrogens with one attached hydrogen (secondary N) is 2. The van der Waals surface area contributed by atoms with Crippen molar-refractivity contribution in [2.24, 2.45) is 0 Å². The van der Waals surface area contributed by atoms with Crippen LogP contribution in [0, 0.1) is 0 Å². The summed E-state index contributed by atoms with van der Waals surface area (Å²) in [6.07, 6.45) is 2.55. The van der Waals surface area contributed by atoms with Gasteiger partial charge in [-0.2, -0.15) is 0 Å². The van der Waals surface area contributed by atoms with Gasteiger partial charge in [-0.05, 0) is 25.2 Å². The van der Waals surface area contributed by atoms with Crippen molar-refractivity contribution in [3.8, 4) is 0 Å². The van der Waals surface area contributed by atoms with E-state index >= 15 is 0 Å². The van der Waals surface area contributed by atoms with Gasteiger partial charge in [-0.25, -0.2) is 9.97 Å². The molecule has 0 aliphatic carbocycles. The lowest BCUT2D eigenvalue weighted by molar-refractivity contribution is 0.756. The van der Waals surface area contributed by atoms with Crippen LogP contribution in [0.15, 0.2) is 36.5 Å². The maximum absolute atomic E-state index is 6.08. The van der Waals surface area contributed by atoms with Crippen LogP contribution in [0.3, 0.4) is 0 Å². The molecule has 1 aromatic carbocycles. The first-order chi connectivity index (χ1) is 8.79. The molecule has 94 valence electrons. The molecule has 0 bridgehead atoms. The lowest BCUT2D eigenvalue weighted by Gasteiger charge is -2.08. The summed E-state index contributed by atoms with van der Waals surface area (Å²) in [5.74, 6) is 1.56. The van der Waals surface area contributed by atoms with Crippen LogP contribution in [-0.2, 0) is 6.42 Å². The van der Waals surface area contributed by atoms with E-state index in [9.17, 15) is 0 Å². The van der Waals surface area contributed by atoms with Gasteiger partial charge in [0.05, 0.1) is 10.7 Å². The van der Waals surface area contributed by atoms with Crippen molar-refractivity contribution in [1.29, 1.82) is 0 Å². The lowest BCUT2D eigenvalue weighted by atomic mass is 10.3. The number of hydrogen-bond donors (Lipinski definition) is 2. The predicted molar refractivity (Wildman–Crippen MR) is 74.4 cm³/mol. The molecule has 0 saturated heterocycles. The molecule has 2 N–H and O–H groups in total. The van der Waals surface area contributed by atoms with E-state index in [0.29, 0.717) is 5.02 Å². The fraction of sp³-hybridized carbons (Fsp3) is 0.231. The van der Waals surface area contributed by atoms with Crippen LogP contribution >= 0.6 is 11.6 Å². The molecule has 2 rings (SSSR count). The van der Waals surface area contributed by atoms with E-state index in [-0.39, 0.29) is 0 Å². The van der Waals surface area contributed by atoms with Gasteiger partial charge in [0.15, 0.2) is 0 Å². The summed E-state index contributed by atoms with van der Waals surface area (Å²) >= 11 is 6.08. The van der Waals surface area contributed by atoms with Gasteiger partial charge in [0.2, 0.25) is 0 Å². The number of benzene rings is 1. The SMILES string of the molecule is CNCCc1nccc(Nc2ccccc2Cl)n1. The summed E-state index contributed by atoms with van der Waals surface area (Å²) < 4.78 is 0. The van der Waals surface area contributed by atoms with Crippen molar-refractivity contribution in [3.63, 3.8) is 0 Å². The fourth-order valence-electron chi connectivity index (χ4n) is 1.53. The smallest absolute Gasteiger partial charge is 0.134 e. The first-order valence-electron chi connectivity index (χ1n) is 5.77. The van der Waals surface area contributed by atoms with Crippen molar-refractivity contribution < 1.29 is 0 Å². The van der Waals surface area contributed by atoms with Gasteiger partial charge >= 0.3 is 0 Å². The number of nitrogens with zero attached hydrogens (tertiary/aromatic N) is 2. The second-order valence-corrected chi connectivity index (χ2v) is 4.22. The maximum atomic E-state index is 6.08. The average molecular weight is 263 g/mol. The molecule has 0 fully saturated rings. The molecule has 2 aromatic rings. The number of anilines is 2. The minimum Gasteiger partial charge on any atom is -0.339 e. The van der Waals surface area contributed by atoms with Crippen LogP contribution in [-0.4, -0.2) is 23.6 Å². The Hall–Kier alpha value is -1.65. The molecule has 4 nitrogen and oxygen atoms in total. The molecule has 0 aliphatic heterocycles. The molecular formula is C13H15ClN4. The number of likely N-dealkylation sites (N-methyl/N-ethyl adjacent to an activating group) is 1. The Morgan fingerprint density at radius 3 is 2.83 bits per heavy atom. The van der Waals surface area contributed by atoms with Crippen LogP contribution in [0.25, 0.3) is 0 Å². The summed E-state index contributed by atoms with van der Waals surface area (Å²) in [5.41, 5.74) is 0.845. The number of rotatable bonds is 5. The first-order valence-corrected chi connectivity index (χ1v) is 6.15. The minimum absolute atomic E-state index is 0.674. The second-order valence-electron chi connectivity index (χ2n) is 3.82. The zero-order valence-electron chi connectivity index (χ0n) is 10.2. The third-order valence-corrected chi connectivity index (χ3v) is 2.77. The standard InChI is InChI=1S/C13H15ClN4/c1-15-8-6-12-16-9-7-13(18-12)17-11-5-3-2-4-10(11)14/h2-5,7,9,15H,6,8H2,1H3,(H,16,17,18). The summed E-state index contributed by atoms with van der Waals surface area (Å²) in [5, 5.41) is 6.93. The molecule has 0 aliphatic rings. The Morgan fingerprint density at radius 1 is 1.22 bits per heavy atom. The van der Waals surface area contributed by atoms with Crippen molar-refractivity contribution in [2.75, 3.05) is 18.9 Å². The lowest BCUT2D eigenvalue weighted by Crippen LogP contribution is -2.12. The topological polar surface area (TPSA) is 49.8 Å². The highest BCUT2D eigenvalue weighted by atomic mass is 35.5. The zero-order valence-corrected chi connectivity index (χ0v) is 10.9. The van der Waals surface area contributed by atoms with Crippen LogP contribution < -0.4 is 10.6 Å². The summed E-state index contributed by atoms with van der Waals surface area (Å²) in [7, 11) is 1.91. The van der Waals surface area contributed by atoms with Crippen molar-refractivity contribution in [3.05, 3.63) is 47.4 Å². The molecule has 0 unspecified atom stereocenters. The van der Waals surface area contributed by atoms with E-state index < -0.39 is 0 Å². The normalized spacial score (nSPS) is 10.3. The Bertz CT molecular complexity index is 516. The van der Waals surface area contributed by atoms with Crippen LogP contribution in [0.4, 0.5) is 11.5 Å². The van der Waals surface area contributed by atoms with Crippen LogP contribution in [0.5, 0.6) is 0 Å². The highest BCUT2D eigenvalue weighted by Gasteiger charge is 2.02. The number of para-hydroxylation sites is 1. The average Bonchev–Trinajstić information content (AvgIpc) is 2.40. The van der Waals surface area contributed by atoms with Gasteiger partial charge in [0.25, 0.3) is 0 Å². The highest BCUT2D eigenvalue weighted by molar-refractivity contribution is 6.33. The maximum Gasteiger partial charge on any atom is 0.134 e. The molecule has 18 heavy (non-hydrogen) atoms. The third kappa shape index (κ3) is 3.42. The van der Waals surface area contributed by atoms with Gasteiger partial charge in [0, 0.05) is 19.2 Å². The van der Waals surface area contributed by atoms with E-state index in [1.807, 2.05) is 37.4 Å². The van der Waals surface area contributed by atoms with Gasteiger partial charge in [-0.1, -0.05) is 23.7 Å². The minimum atomic E-state index is 0.674. The van der Waals surface area contributed by atoms with E-state index in [1.54, 1.807) is 6.20 Å². The van der Waals surface area contributed by atoms with E-state index in [4.69, 9.17) is 11.6 Å². The quantitative estimate of drug-likeness (QED) is 0.870. The first kappa shape index (κ1) is 12.8. The Morgan fingerprint density at radius 2 is 2.06 bits per heavy atom. The van der Waals surface area contributed by atoms with Gasteiger partial charge < -0.3 is 10.6 Å². The van der Waals surface area contributed by atoms with E-state index in [2.05, 4.69) is 20.6 Å². The largest absolute Gasteiger partial charge is 0.339 e. The van der Waals surface area contributed by atoms with Crippen LogP contribution in [0.2, 0.25) is 5.02 Å². The van der Waals surface area contributed by atoms with Crippen molar-refractivity contribution in [1.82, 2.24) is 15.3 Å².